The highest BCUT2D eigenvalue weighted by atomic mass is 32.1. The first-order chi connectivity index (χ1) is 14.9. The number of piperidine rings is 1. The first-order valence-electron chi connectivity index (χ1n) is 10.7. The summed E-state index contributed by atoms with van der Waals surface area (Å²) in [7, 11) is 3.91. The van der Waals surface area contributed by atoms with E-state index in [1.54, 1.807) is 11.3 Å². The normalized spacial score (nSPS) is 15.2. The maximum atomic E-state index is 4.75. The number of nitrogens with zero attached hydrogens (tertiary/aromatic N) is 7. The number of aryl methyl sites for hydroxylation is 2. The Morgan fingerprint density at radius 2 is 1.81 bits per heavy atom. The molecule has 0 saturated carbocycles. The molecule has 0 spiro atoms. The van der Waals surface area contributed by atoms with Crippen LogP contribution in [-0.2, 0) is 13.0 Å². The third kappa shape index (κ3) is 5.95. The molecule has 0 aromatic carbocycles. The van der Waals surface area contributed by atoms with Gasteiger partial charge in [0.1, 0.15) is 11.6 Å². The van der Waals surface area contributed by atoms with Crippen LogP contribution in [0.3, 0.4) is 0 Å². The number of hydrogen-bond acceptors (Lipinski definition) is 9. The third-order valence-electron chi connectivity index (χ3n) is 5.43. The summed E-state index contributed by atoms with van der Waals surface area (Å²) in [5, 5.41) is 4.19. The summed E-state index contributed by atoms with van der Waals surface area (Å²) in [6.45, 7) is 7.14. The van der Waals surface area contributed by atoms with Crippen LogP contribution in [0.5, 0.6) is 0 Å². The van der Waals surface area contributed by atoms with Crippen LogP contribution in [-0.4, -0.2) is 57.0 Å². The summed E-state index contributed by atoms with van der Waals surface area (Å²) in [6, 6.07) is 1.98. The van der Waals surface area contributed by atoms with Crippen LogP contribution in [0.2, 0.25) is 0 Å². The lowest BCUT2D eigenvalue weighted by molar-refractivity contribution is 0.175. The van der Waals surface area contributed by atoms with Crippen molar-refractivity contribution in [2.45, 2.75) is 39.7 Å². The molecule has 164 valence electrons. The number of hydrogen-bond donors (Lipinski definition) is 1. The zero-order chi connectivity index (χ0) is 21.8. The number of likely N-dealkylation sites (tertiary alicyclic amines) is 1. The van der Waals surface area contributed by atoms with Crippen molar-refractivity contribution in [2.24, 2.45) is 5.92 Å². The Labute approximate surface area is 187 Å². The van der Waals surface area contributed by atoms with E-state index in [0.717, 1.165) is 67.3 Å². The van der Waals surface area contributed by atoms with E-state index < -0.39 is 0 Å². The van der Waals surface area contributed by atoms with E-state index in [9.17, 15) is 0 Å². The summed E-state index contributed by atoms with van der Waals surface area (Å²) in [5.74, 6) is 3.11. The lowest BCUT2D eigenvalue weighted by Crippen LogP contribution is -2.34. The minimum absolute atomic E-state index is 0.611. The van der Waals surface area contributed by atoms with Gasteiger partial charge in [-0.2, -0.15) is 0 Å². The fourth-order valence-corrected chi connectivity index (χ4v) is 4.50. The highest BCUT2D eigenvalue weighted by Gasteiger charge is 2.21. The Hall–Kier alpha value is -2.65. The van der Waals surface area contributed by atoms with Crippen molar-refractivity contribution in [3.8, 4) is 0 Å². The molecular weight excluding hydrogens is 408 g/mol. The summed E-state index contributed by atoms with van der Waals surface area (Å²) >= 11 is 1.63. The van der Waals surface area contributed by atoms with Crippen molar-refractivity contribution >= 4 is 28.2 Å². The fraction of sp³-hybridized carbons (Fsp3) is 0.500. The Balaban J connectivity index is 1.30. The molecule has 3 aromatic heterocycles. The molecule has 3 aromatic rings. The molecule has 9 heteroatoms. The molecule has 8 nitrogen and oxygen atoms in total. The minimum atomic E-state index is 0.611. The van der Waals surface area contributed by atoms with Gasteiger partial charge in [0, 0.05) is 67.9 Å². The van der Waals surface area contributed by atoms with Crippen molar-refractivity contribution in [3.05, 3.63) is 46.6 Å². The minimum Gasteiger partial charge on any atom is -0.347 e. The van der Waals surface area contributed by atoms with E-state index in [2.05, 4.69) is 37.1 Å². The van der Waals surface area contributed by atoms with Gasteiger partial charge in [-0.05, 0) is 45.7 Å². The van der Waals surface area contributed by atoms with Crippen LogP contribution in [0.15, 0.2) is 24.7 Å². The lowest BCUT2D eigenvalue weighted by Gasteiger charge is -2.31. The molecule has 0 atom stereocenters. The van der Waals surface area contributed by atoms with Gasteiger partial charge in [-0.3, -0.25) is 4.90 Å². The lowest BCUT2D eigenvalue weighted by atomic mass is 9.93. The molecule has 0 amide bonds. The average Bonchev–Trinajstić information content (AvgIpc) is 3.14. The molecule has 4 rings (SSSR count). The molecule has 1 aliphatic rings. The molecule has 0 radical (unpaired) electrons. The smallest absolute Gasteiger partial charge is 0.224 e. The van der Waals surface area contributed by atoms with E-state index in [1.807, 2.05) is 50.6 Å². The first kappa shape index (κ1) is 21.6. The van der Waals surface area contributed by atoms with Gasteiger partial charge in [-0.25, -0.2) is 24.9 Å². The van der Waals surface area contributed by atoms with Crippen molar-refractivity contribution in [1.29, 1.82) is 0 Å². The molecule has 1 saturated heterocycles. The van der Waals surface area contributed by atoms with Crippen LogP contribution in [0.25, 0.3) is 0 Å². The van der Waals surface area contributed by atoms with Gasteiger partial charge in [0.15, 0.2) is 5.13 Å². The van der Waals surface area contributed by atoms with E-state index in [1.165, 1.54) is 10.4 Å². The molecule has 31 heavy (non-hydrogen) atoms. The molecule has 4 heterocycles. The molecule has 1 fully saturated rings. The maximum Gasteiger partial charge on any atom is 0.224 e. The van der Waals surface area contributed by atoms with Crippen LogP contribution in [0, 0.1) is 19.8 Å². The van der Waals surface area contributed by atoms with Gasteiger partial charge in [-0.1, -0.05) is 0 Å². The summed E-state index contributed by atoms with van der Waals surface area (Å²) in [5.41, 5.74) is 2.15. The topological polar surface area (TPSA) is 83.0 Å². The summed E-state index contributed by atoms with van der Waals surface area (Å²) < 4.78 is 0. The molecule has 1 aliphatic heterocycles. The number of rotatable bonds is 7. The van der Waals surface area contributed by atoms with Gasteiger partial charge in [0.25, 0.3) is 0 Å². The van der Waals surface area contributed by atoms with Gasteiger partial charge in [0.05, 0.1) is 0 Å². The monoisotopic (exact) mass is 438 g/mol. The molecule has 1 N–H and O–H groups in total. The van der Waals surface area contributed by atoms with Crippen molar-refractivity contribution < 1.29 is 0 Å². The number of nitrogens with one attached hydrogen (secondary N) is 1. The van der Waals surface area contributed by atoms with Gasteiger partial charge in [0.2, 0.25) is 5.95 Å². The predicted molar refractivity (Wildman–Crippen MR) is 125 cm³/mol. The molecular formula is C22H30N8S. The highest BCUT2D eigenvalue weighted by molar-refractivity contribution is 7.15. The standard InChI is InChI=1S/C22H30N8S/c1-15-9-19(28-22-25-11-16(2)31-22)27-20(26-15)10-17-5-7-30(8-6-17)14-18-12-23-21(24-13-18)29(3)4/h9,11-13,17H,5-8,10,14H2,1-4H3,(H,25,26,27,28). The predicted octanol–water partition coefficient (Wildman–Crippen LogP) is 3.60. The fourth-order valence-electron chi connectivity index (χ4n) is 3.83. The van der Waals surface area contributed by atoms with Crippen LogP contribution in [0.4, 0.5) is 16.9 Å². The zero-order valence-corrected chi connectivity index (χ0v) is 19.5. The first-order valence-corrected chi connectivity index (χ1v) is 11.5. The van der Waals surface area contributed by atoms with Gasteiger partial charge in [-0.15, -0.1) is 11.3 Å². The van der Waals surface area contributed by atoms with Crippen molar-refractivity contribution in [3.63, 3.8) is 0 Å². The zero-order valence-electron chi connectivity index (χ0n) is 18.7. The molecule has 0 unspecified atom stereocenters. The Bertz CT molecular complexity index is 993. The molecule has 0 aliphatic carbocycles. The Kier molecular flexibility index (Phi) is 6.72. The Morgan fingerprint density at radius 3 is 2.45 bits per heavy atom. The van der Waals surface area contributed by atoms with Crippen LogP contribution in [0.1, 0.15) is 34.8 Å². The van der Waals surface area contributed by atoms with Crippen LogP contribution < -0.4 is 10.2 Å². The second kappa shape index (κ2) is 9.65. The van der Waals surface area contributed by atoms with E-state index >= 15 is 0 Å². The SMILES string of the molecule is Cc1cc(Nc2ncc(C)s2)nc(CC2CCN(Cc3cnc(N(C)C)nc3)CC2)n1. The van der Waals surface area contributed by atoms with E-state index in [4.69, 9.17) is 4.98 Å². The number of thiazole rings is 1. The largest absolute Gasteiger partial charge is 0.347 e. The number of aromatic nitrogens is 5. The number of anilines is 3. The van der Waals surface area contributed by atoms with Crippen molar-refractivity contribution in [1.82, 2.24) is 29.8 Å². The van der Waals surface area contributed by atoms with E-state index in [-0.39, 0.29) is 0 Å². The van der Waals surface area contributed by atoms with Gasteiger partial charge >= 0.3 is 0 Å². The summed E-state index contributed by atoms with van der Waals surface area (Å²) in [4.78, 5) is 28.2. The molecule has 0 bridgehead atoms. The second-order valence-electron chi connectivity index (χ2n) is 8.42. The maximum absolute atomic E-state index is 4.75. The quantitative estimate of drug-likeness (QED) is 0.599. The van der Waals surface area contributed by atoms with Crippen molar-refractivity contribution in [2.75, 3.05) is 37.4 Å². The Morgan fingerprint density at radius 1 is 1.06 bits per heavy atom. The second-order valence-corrected chi connectivity index (χ2v) is 9.66. The highest BCUT2D eigenvalue weighted by Crippen LogP contribution is 2.24. The van der Waals surface area contributed by atoms with E-state index in [0.29, 0.717) is 5.92 Å². The summed E-state index contributed by atoms with van der Waals surface area (Å²) in [6.07, 6.45) is 8.98. The average molecular weight is 439 g/mol. The third-order valence-corrected chi connectivity index (χ3v) is 6.26. The van der Waals surface area contributed by atoms with Crippen LogP contribution >= 0.6 is 11.3 Å². The van der Waals surface area contributed by atoms with Gasteiger partial charge < -0.3 is 10.2 Å².